The zero-order valence-corrected chi connectivity index (χ0v) is 21.8. The summed E-state index contributed by atoms with van der Waals surface area (Å²) in [6.07, 6.45) is -0.946. The van der Waals surface area contributed by atoms with E-state index in [0.29, 0.717) is 24.5 Å². The molecule has 206 valence electrons. The predicted octanol–water partition coefficient (Wildman–Crippen LogP) is 3.32. The molecule has 2 aliphatic rings. The first-order chi connectivity index (χ1) is 18.0. The second-order valence-corrected chi connectivity index (χ2v) is 9.59. The Morgan fingerprint density at radius 2 is 2.05 bits per heavy atom. The zero-order valence-electron chi connectivity index (χ0n) is 21.0. The molecule has 2 fully saturated rings. The molecule has 3 atom stereocenters. The van der Waals surface area contributed by atoms with Gasteiger partial charge in [0, 0.05) is 26.2 Å². The van der Waals surface area contributed by atoms with Gasteiger partial charge in [-0.15, -0.1) is 0 Å². The van der Waals surface area contributed by atoms with Crippen LogP contribution in [0.3, 0.4) is 0 Å². The van der Waals surface area contributed by atoms with E-state index in [0.717, 1.165) is 6.08 Å². The number of nitrogens with one attached hydrogen (secondary N) is 2. The Morgan fingerprint density at radius 3 is 2.76 bits per heavy atom. The zero-order chi connectivity index (χ0) is 27.6. The predicted molar refractivity (Wildman–Crippen MR) is 136 cm³/mol. The van der Waals surface area contributed by atoms with Crippen molar-refractivity contribution in [3.05, 3.63) is 41.8 Å². The lowest BCUT2D eigenvalue weighted by Crippen LogP contribution is -2.37. The highest BCUT2D eigenvalue weighted by molar-refractivity contribution is 6.31. The van der Waals surface area contributed by atoms with Gasteiger partial charge in [0.1, 0.15) is 23.6 Å². The highest BCUT2D eigenvalue weighted by atomic mass is 35.5. The number of benzene rings is 1. The Labute approximate surface area is 222 Å². The molecule has 0 spiro atoms. The van der Waals surface area contributed by atoms with E-state index in [4.69, 9.17) is 25.8 Å². The van der Waals surface area contributed by atoms with Gasteiger partial charge >= 0.3 is 0 Å². The number of ether oxygens (including phenoxy) is 3. The van der Waals surface area contributed by atoms with E-state index in [9.17, 15) is 13.6 Å². The Bertz CT molecular complexity index is 1200. The van der Waals surface area contributed by atoms with Crippen LogP contribution in [0.4, 0.5) is 36.2 Å². The maximum Gasteiger partial charge on any atom is 0.299 e. The summed E-state index contributed by atoms with van der Waals surface area (Å²) in [6, 6.07) is 2.68. The Balaban J connectivity index is 1.56. The summed E-state index contributed by atoms with van der Waals surface area (Å²) in [5, 5.41) is 5.45. The van der Waals surface area contributed by atoms with Crippen LogP contribution in [0.25, 0.3) is 0 Å². The number of halogens is 4. The third kappa shape index (κ3) is 6.12. The van der Waals surface area contributed by atoms with E-state index in [2.05, 4.69) is 27.2 Å². The van der Waals surface area contributed by atoms with Crippen LogP contribution in [0, 0.1) is 5.82 Å². The molecule has 3 heterocycles. The molecule has 0 saturated carbocycles. The Hall–Kier alpha value is -3.13. The van der Waals surface area contributed by atoms with Crippen LogP contribution in [0.2, 0.25) is 5.02 Å². The number of carbonyl (C=O) groups is 1. The van der Waals surface area contributed by atoms with E-state index in [1.165, 1.54) is 18.3 Å². The van der Waals surface area contributed by atoms with E-state index in [1.807, 2.05) is 23.9 Å². The van der Waals surface area contributed by atoms with Gasteiger partial charge in [0.25, 0.3) is 5.92 Å². The van der Waals surface area contributed by atoms with Crippen LogP contribution in [0.1, 0.15) is 0 Å². The third-order valence-corrected chi connectivity index (χ3v) is 6.29. The first-order valence-electron chi connectivity index (χ1n) is 11.7. The number of amides is 1. The van der Waals surface area contributed by atoms with Crippen molar-refractivity contribution in [2.45, 2.75) is 24.2 Å². The van der Waals surface area contributed by atoms with E-state index in [-0.39, 0.29) is 29.1 Å². The van der Waals surface area contributed by atoms with Gasteiger partial charge in [0.05, 0.1) is 29.9 Å². The van der Waals surface area contributed by atoms with Gasteiger partial charge in [-0.05, 0) is 26.2 Å². The molecule has 2 aliphatic heterocycles. The topological polar surface area (TPSA) is 101 Å². The number of rotatable bonds is 10. The van der Waals surface area contributed by atoms with Crippen LogP contribution in [0.15, 0.2) is 31.0 Å². The second-order valence-electron chi connectivity index (χ2n) is 9.19. The number of anilines is 4. The fraction of sp³-hybridized carbons (Fsp3) is 0.458. The maximum atomic E-state index is 15.2. The quantitative estimate of drug-likeness (QED) is 0.427. The minimum Gasteiger partial charge on any atom is -0.468 e. The second kappa shape index (κ2) is 11.3. The van der Waals surface area contributed by atoms with Gasteiger partial charge in [0.15, 0.2) is 12.2 Å². The average Bonchev–Trinajstić information content (AvgIpc) is 3.41. The summed E-state index contributed by atoms with van der Waals surface area (Å²) in [5.41, 5.74) is 0.750. The fourth-order valence-electron chi connectivity index (χ4n) is 4.02. The molecule has 1 aromatic heterocycles. The van der Waals surface area contributed by atoms with Crippen LogP contribution in [-0.4, -0.2) is 92.5 Å². The van der Waals surface area contributed by atoms with Gasteiger partial charge in [-0.2, -0.15) is 4.98 Å². The molecule has 38 heavy (non-hydrogen) atoms. The summed E-state index contributed by atoms with van der Waals surface area (Å²) in [5.74, 6) is -4.42. The molecule has 0 radical (unpaired) electrons. The number of hydrogen-bond acceptors (Lipinski definition) is 9. The number of nitrogens with zero attached hydrogens (tertiary/aromatic N) is 4. The number of fused-ring (bicyclic) bond motifs is 1. The monoisotopic (exact) mass is 556 g/mol. The van der Waals surface area contributed by atoms with Crippen molar-refractivity contribution in [1.82, 2.24) is 14.9 Å². The molecule has 2 saturated heterocycles. The lowest BCUT2D eigenvalue weighted by Gasteiger charge is -2.25. The number of alkyl halides is 2. The average molecular weight is 557 g/mol. The molecule has 0 aliphatic carbocycles. The smallest absolute Gasteiger partial charge is 0.299 e. The first kappa shape index (κ1) is 27.9. The summed E-state index contributed by atoms with van der Waals surface area (Å²) >= 11 is 6.17. The van der Waals surface area contributed by atoms with Crippen molar-refractivity contribution >= 4 is 40.5 Å². The molecule has 0 unspecified atom stereocenters. The Morgan fingerprint density at radius 1 is 1.29 bits per heavy atom. The summed E-state index contributed by atoms with van der Waals surface area (Å²) in [4.78, 5) is 24.1. The van der Waals surface area contributed by atoms with Crippen molar-refractivity contribution in [3.8, 4) is 5.88 Å². The van der Waals surface area contributed by atoms with Gasteiger partial charge in [-0.1, -0.05) is 18.2 Å². The van der Waals surface area contributed by atoms with E-state index >= 15 is 4.39 Å². The SMILES string of the molecule is C=CC(=O)Nc1cc(Nc2ncc(Cl)c(O[C@H]3CO[C@@H]4[C@H]3OCC4(F)F)n2)c(F)cc1N(C)CCN(C)C. The molecule has 2 aromatic rings. The van der Waals surface area contributed by atoms with Crippen molar-refractivity contribution < 1.29 is 32.2 Å². The summed E-state index contributed by atoms with van der Waals surface area (Å²) in [7, 11) is 5.61. The molecule has 4 rings (SSSR count). The molecular weight excluding hydrogens is 529 g/mol. The number of hydrogen-bond donors (Lipinski definition) is 2. The number of carbonyl (C=O) groups excluding carboxylic acids is 1. The summed E-state index contributed by atoms with van der Waals surface area (Å²) < 4.78 is 59.0. The standard InChI is InChI=1S/C24H28ClF3N6O4/c1-5-19(35)30-16-9-15(14(26)8-17(16)34(4)7-6-33(2)3)31-23-29-10-13(25)22(32-23)38-18-11-36-21-20(18)37-12-24(21,27)28/h5,8-10,18,20-21H,1,6-7,11-12H2,2-4H3,(H,30,35)(H,29,31,32)/t18-,20-,21+/m0/s1. The van der Waals surface area contributed by atoms with E-state index < -0.39 is 42.6 Å². The number of likely N-dealkylation sites (N-methyl/N-ethyl adjacent to an activating group) is 2. The lowest BCUT2D eigenvalue weighted by atomic mass is 10.1. The molecule has 2 N–H and O–H groups in total. The lowest BCUT2D eigenvalue weighted by molar-refractivity contribution is -0.111. The Kier molecular flexibility index (Phi) is 8.31. The van der Waals surface area contributed by atoms with Gasteiger partial charge in [0.2, 0.25) is 17.7 Å². The van der Waals surface area contributed by atoms with Gasteiger partial charge in [-0.3, -0.25) is 4.79 Å². The third-order valence-electron chi connectivity index (χ3n) is 6.03. The van der Waals surface area contributed by atoms with Crippen molar-refractivity contribution in [1.29, 1.82) is 0 Å². The molecule has 10 nitrogen and oxygen atoms in total. The molecular formula is C24H28ClF3N6O4. The summed E-state index contributed by atoms with van der Waals surface area (Å²) in [6.45, 7) is 3.82. The van der Waals surface area contributed by atoms with Crippen molar-refractivity contribution in [2.75, 3.05) is 63.0 Å². The first-order valence-corrected chi connectivity index (χ1v) is 12.1. The van der Waals surface area contributed by atoms with E-state index in [1.54, 1.807) is 7.05 Å². The minimum absolute atomic E-state index is 0.0148. The van der Waals surface area contributed by atoms with Gasteiger partial charge in [-0.25, -0.2) is 18.2 Å². The molecule has 1 aromatic carbocycles. The highest BCUT2D eigenvalue weighted by Gasteiger charge is 2.59. The minimum atomic E-state index is -3.12. The molecule has 1 amide bonds. The maximum absolute atomic E-state index is 15.2. The van der Waals surface area contributed by atoms with Crippen LogP contribution in [0.5, 0.6) is 5.88 Å². The highest BCUT2D eigenvalue weighted by Crippen LogP contribution is 2.40. The van der Waals surface area contributed by atoms with Crippen molar-refractivity contribution in [2.24, 2.45) is 0 Å². The van der Waals surface area contributed by atoms with Crippen molar-refractivity contribution in [3.63, 3.8) is 0 Å². The normalized spacial score (nSPS) is 21.7. The fourth-order valence-corrected chi connectivity index (χ4v) is 4.15. The van der Waals surface area contributed by atoms with Crippen LogP contribution < -0.4 is 20.3 Å². The molecule has 14 heteroatoms. The number of aromatic nitrogens is 2. The largest absolute Gasteiger partial charge is 0.468 e. The van der Waals surface area contributed by atoms with Crippen LogP contribution in [-0.2, 0) is 14.3 Å². The van der Waals surface area contributed by atoms with Gasteiger partial charge < -0.3 is 34.6 Å². The molecule has 0 bridgehead atoms. The van der Waals surface area contributed by atoms with Crippen LogP contribution >= 0.6 is 11.6 Å².